The second-order valence-electron chi connectivity index (χ2n) is 5.28. The summed E-state index contributed by atoms with van der Waals surface area (Å²) in [6.45, 7) is 1.53. The maximum Gasteiger partial charge on any atom is 0.323 e. The second-order valence-corrected chi connectivity index (χ2v) is 5.28. The molecule has 104 valence electrons. The van der Waals surface area contributed by atoms with Gasteiger partial charge in [0, 0.05) is 0 Å². The minimum absolute atomic E-state index is 0.148. The third-order valence-electron chi connectivity index (χ3n) is 3.89. The van der Waals surface area contributed by atoms with Gasteiger partial charge in [-0.05, 0) is 42.7 Å². The Balaban J connectivity index is 1.72. The van der Waals surface area contributed by atoms with Crippen molar-refractivity contribution in [3.8, 4) is 0 Å². The molecule has 1 saturated carbocycles. The molecule has 1 atom stereocenters. The zero-order chi connectivity index (χ0) is 13.2. The zero-order valence-corrected chi connectivity index (χ0v) is 11.2. The predicted molar refractivity (Wildman–Crippen MR) is 66.2 cm³/mol. The van der Waals surface area contributed by atoms with Crippen molar-refractivity contribution in [2.45, 2.75) is 50.7 Å². The van der Waals surface area contributed by atoms with E-state index in [1.54, 1.807) is 0 Å². The van der Waals surface area contributed by atoms with Crippen LogP contribution in [0.1, 0.15) is 44.0 Å². The lowest BCUT2D eigenvalue weighted by atomic mass is 10.0. The van der Waals surface area contributed by atoms with Crippen molar-refractivity contribution in [1.29, 1.82) is 0 Å². The molecule has 0 radical (unpaired) electrons. The van der Waals surface area contributed by atoms with Crippen molar-refractivity contribution < 1.29 is 9.53 Å². The number of ether oxygens (including phenoxy) is 1. The van der Waals surface area contributed by atoms with Crippen LogP contribution in [0.2, 0.25) is 0 Å². The van der Waals surface area contributed by atoms with Gasteiger partial charge in [0.05, 0.1) is 19.7 Å². The molecule has 1 aromatic rings. The van der Waals surface area contributed by atoms with Crippen LogP contribution in [0.25, 0.3) is 0 Å². The van der Waals surface area contributed by atoms with Crippen LogP contribution in [0.5, 0.6) is 0 Å². The van der Waals surface area contributed by atoms with Gasteiger partial charge in [-0.1, -0.05) is 6.42 Å². The summed E-state index contributed by atoms with van der Waals surface area (Å²) in [5.74, 6) is 0.712. The molecule has 1 aliphatic carbocycles. The summed E-state index contributed by atoms with van der Waals surface area (Å²) < 4.78 is 6.80. The number of hydrogen-bond donors (Lipinski definition) is 0. The van der Waals surface area contributed by atoms with Gasteiger partial charge in [-0.2, -0.15) is 0 Å². The van der Waals surface area contributed by atoms with Gasteiger partial charge >= 0.3 is 5.97 Å². The zero-order valence-electron chi connectivity index (χ0n) is 11.2. The van der Waals surface area contributed by atoms with Gasteiger partial charge in [-0.3, -0.25) is 9.69 Å². The topological polar surface area (TPSA) is 73.1 Å². The number of tetrazole rings is 1. The molecule has 2 fully saturated rings. The maximum atomic E-state index is 11.8. The lowest BCUT2D eigenvalue weighted by Crippen LogP contribution is -2.45. The van der Waals surface area contributed by atoms with E-state index in [1.165, 1.54) is 7.11 Å². The van der Waals surface area contributed by atoms with Crippen molar-refractivity contribution in [1.82, 2.24) is 25.1 Å². The van der Waals surface area contributed by atoms with E-state index >= 15 is 0 Å². The van der Waals surface area contributed by atoms with E-state index in [1.807, 2.05) is 4.68 Å². The van der Waals surface area contributed by atoms with Crippen molar-refractivity contribution in [2.75, 3.05) is 13.7 Å². The molecule has 1 aliphatic heterocycles. The third-order valence-corrected chi connectivity index (χ3v) is 3.89. The number of aromatic nitrogens is 4. The van der Waals surface area contributed by atoms with Gasteiger partial charge in [0.25, 0.3) is 0 Å². The summed E-state index contributed by atoms with van der Waals surface area (Å²) in [7, 11) is 1.45. The van der Waals surface area contributed by atoms with E-state index in [2.05, 4.69) is 20.4 Å². The maximum absolute atomic E-state index is 11.8. The van der Waals surface area contributed by atoms with Crippen molar-refractivity contribution in [3.05, 3.63) is 5.82 Å². The van der Waals surface area contributed by atoms with Gasteiger partial charge in [-0.25, -0.2) is 4.68 Å². The van der Waals surface area contributed by atoms with Gasteiger partial charge in [-0.15, -0.1) is 5.10 Å². The fourth-order valence-electron chi connectivity index (χ4n) is 2.68. The molecule has 19 heavy (non-hydrogen) atoms. The number of carbonyl (C=O) groups excluding carboxylic acids is 1. The summed E-state index contributed by atoms with van der Waals surface area (Å²) in [5.41, 5.74) is 0. The Labute approximate surface area is 111 Å². The number of piperidine rings is 1. The molecule has 0 spiro atoms. The highest BCUT2D eigenvalue weighted by atomic mass is 16.5. The Bertz CT molecular complexity index is 457. The molecular weight excluding hydrogens is 246 g/mol. The van der Waals surface area contributed by atoms with Crippen LogP contribution in [-0.2, 0) is 16.1 Å². The number of esters is 1. The molecule has 0 aromatic carbocycles. The average Bonchev–Trinajstić information content (AvgIpc) is 3.19. The van der Waals surface area contributed by atoms with Gasteiger partial charge < -0.3 is 4.74 Å². The van der Waals surface area contributed by atoms with E-state index in [0.717, 1.165) is 44.5 Å². The molecular formula is C12H19N5O2. The molecule has 1 saturated heterocycles. The Hall–Kier alpha value is -1.50. The normalized spacial score (nSPS) is 24.4. The van der Waals surface area contributed by atoms with Crippen molar-refractivity contribution in [2.24, 2.45) is 0 Å². The first-order chi connectivity index (χ1) is 9.29. The minimum atomic E-state index is -0.150. The van der Waals surface area contributed by atoms with Crippen LogP contribution in [0.4, 0.5) is 0 Å². The summed E-state index contributed by atoms with van der Waals surface area (Å²) in [4.78, 5) is 14.0. The average molecular weight is 265 g/mol. The predicted octanol–water partition coefficient (Wildman–Crippen LogP) is 0.535. The van der Waals surface area contributed by atoms with E-state index in [0.29, 0.717) is 12.6 Å². The number of rotatable bonds is 4. The Morgan fingerprint density at radius 3 is 2.95 bits per heavy atom. The quantitative estimate of drug-likeness (QED) is 0.740. The van der Waals surface area contributed by atoms with Crippen LogP contribution >= 0.6 is 0 Å². The fourth-order valence-corrected chi connectivity index (χ4v) is 2.68. The lowest BCUT2D eigenvalue weighted by molar-refractivity contribution is -0.148. The first-order valence-electron chi connectivity index (χ1n) is 6.88. The highest BCUT2D eigenvalue weighted by Crippen LogP contribution is 2.34. The number of nitrogens with zero attached hydrogens (tertiary/aromatic N) is 5. The Morgan fingerprint density at radius 2 is 2.21 bits per heavy atom. The second kappa shape index (κ2) is 5.24. The molecule has 2 aliphatic rings. The van der Waals surface area contributed by atoms with Crippen LogP contribution in [0, 0.1) is 0 Å². The molecule has 0 amide bonds. The number of likely N-dealkylation sites (tertiary alicyclic amines) is 1. The van der Waals surface area contributed by atoms with Gasteiger partial charge in [0.1, 0.15) is 6.04 Å². The first-order valence-corrected chi connectivity index (χ1v) is 6.88. The van der Waals surface area contributed by atoms with Crippen LogP contribution < -0.4 is 0 Å². The summed E-state index contributed by atoms with van der Waals surface area (Å²) >= 11 is 0. The Morgan fingerprint density at radius 1 is 1.37 bits per heavy atom. The van der Waals surface area contributed by atoms with Gasteiger partial charge in [0.15, 0.2) is 5.82 Å². The Kier molecular flexibility index (Phi) is 3.46. The first kappa shape index (κ1) is 12.5. The monoisotopic (exact) mass is 265 g/mol. The highest BCUT2D eigenvalue weighted by molar-refractivity contribution is 5.75. The van der Waals surface area contributed by atoms with E-state index in [4.69, 9.17) is 4.74 Å². The van der Waals surface area contributed by atoms with Gasteiger partial charge in [0.2, 0.25) is 0 Å². The van der Waals surface area contributed by atoms with E-state index < -0.39 is 0 Å². The number of methoxy groups -OCH3 is 1. The van der Waals surface area contributed by atoms with E-state index in [9.17, 15) is 4.79 Å². The van der Waals surface area contributed by atoms with Crippen LogP contribution in [0.15, 0.2) is 0 Å². The summed E-state index contributed by atoms with van der Waals surface area (Å²) in [6, 6.07) is 0.314. The number of carbonyl (C=O) groups is 1. The van der Waals surface area contributed by atoms with E-state index in [-0.39, 0.29) is 12.0 Å². The minimum Gasteiger partial charge on any atom is -0.468 e. The molecule has 0 bridgehead atoms. The largest absolute Gasteiger partial charge is 0.468 e. The standard InChI is InChI=1S/C12H19N5O2/c1-19-12(18)10-4-2-3-7-16(10)8-11-13-14-15-17(11)9-5-6-9/h9-10H,2-8H2,1H3/t10-/m1/s1. The summed E-state index contributed by atoms with van der Waals surface area (Å²) in [6.07, 6.45) is 5.34. The van der Waals surface area contributed by atoms with Crippen LogP contribution in [-0.4, -0.2) is 50.8 Å². The molecule has 0 N–H and O–H groups in total. The van der Waals surface area contributed by atoms with Crippen molar-refractivity contribution >= 4 is 5.97 Å². The fraction of sp³-hybridized carbons (Fsp3) is 0.833. The number of hydrogen-bond acceptors (Lipinski definition) is 6. The third kappa shape index (κ3) is 2.60. The molecule has 7 heteroatoms. The highest BCUT2D eigenvalue weighted by Gasteiger charge is 2.33. The summed E-state index contributed by atoms with van der Waals surface area (Å²) in [5, 5.41) is 11.9. The molecule has 3 rings (SSSR count). The van der Waals surface area contributed by atoms with Crippen LogP contribution in [0.3, 0.4) is 0 Å². The van der Waals surface area contributed by atoms with Crippen molar-refractivity contribution in [3.63, 3.8) is 0 Å². The SMILES string of the molecule is COC(=O)[C@H]1CCCCN1Cc1nnnn1C1CC1. The molecule has 2 heterocycles. The molecule has 1 aromatic heterocycles. The smallest absolute Gasteiger partial charge is 0.323 e. The molecule has 7 nitrogen and oxygen atoms in total. The molecule has 0 unspecified atom stereocenters. The lowest BCUT2D eigenvalue weighted by Gasteiger charge is -2.33.